The molecule has 1 amide bonds. The summed E-state index contributed by atoms with van der Waals surface area (Å²) in [5.74, 6) is -0.799. The summed E-state index contributed by atoms with van der Waals surface area (Å²) in [6.07, 6.45) is 2.54. The van der Waals surface area contributed by atoms with Gasteiger partial charge in [-0.3, -0.25) is 9.78 Å². The summed E-state index contributed by atoms with van der Waals surface area (Å²) >= 11 is 0. The molecule has 0 saturated carbocycles. The molecule has 0 radical (unpaired) electrons. The number of hydrogen-bond donors (Lipinski definition) is 2. The second kappa shape index (κ2) is 7.57. The molecule has 0 aliphatic carbocycles. The predicted molar refractivity (Wildman–Crippen MR) is 97.7 cm³/mol. The van der Waals surface area contributed by atoms with Gasteiger partial charge in [-0.1, -0.05) is 25.1 Å². The maximum Gasteiger partial charge on any atom is 0.274 e. The lowest BCUT2D eigenvalue weighted by Gasteiger charge is -2.09. The molecule has 25 heavy (non-hydrogen) atoms. The van der Waals surface area contributed by atoms with E-state index in [0.717, 1.165) is 17.8 Å². The number of carbonyl (C=O) groups is 1. The van der Waals surface area contributed by atoms with Crippen LogP contribution in [0.15, 0.2) is 66.9 Å². The van der Waals surface area contributed by atoms with Gasteiger partial charge in [-0.2, -0.15) is 0 Å². The molecule has 0 spiro atoms. The van der Waals surface area contributed by atoms with Gasteiger partial charge in [0.15, 0.2) is 0 Å². The number of rotatable bonds is 5. The number of nitrogens with zero attached hydrogens (tertiary/aromatic N) is 1. The monoisotopic (exact) mass is 335 g/mol. The van der Waals surface area contributed by atoms with E-state index in [2.05, 4.69) is 34.7 Å². The quantitative estimate of drug-likeness (QED) is 0.705. The number of benzene rings is 2. The minimum atomic E-state index is -0.406. The third-order valence-corrected chi connectivity index (χ3v) is 3.73. The SMILES string of the molecule is CCc1ccc(Nc2ccnc(C(=O)Nc3cccc(F)c3)c2)cc1. The van der Waals surface area contributed by atoms with Crippen molar-refractivity contribution in [1.29, 1.82) is 0 Å². The normalized spacial score (nSPS) is 10.3. The van der Waals surface area contributed by atoms with Crippen LogP contribution in [0.5, 0.6) is 0 Å². The lowest BCUT2D eigenvalue weighted by atomic mass is 10.1. The van der Waals surface area contributed by atoms with Gasteiger partial charge in [0.05, 0.1) is 0 Å². The molecule has 3 aromatic rings. The first kappa shape index (κ1) is 16.6. The number of pyridine rings is 1. The Bertz CT molecular complexity index is 878. The average Bonchev–Trinajstić information content (AvgIpc) is 2.62. The molecule has 4 nitrogen and oxygen atoms in total. The fraction of sp³-hybridized carbons (Fsp3) is 0.100. The molecule has 0 unspecified atom stereocenters. The maximum absolute atomic E-state index is 13.2. The van der Waals surface area contributed by atoms with Gasteiger partial charge in [0, 0.05) is 23.3 Å². The van der Waals surface area contributed by atoms with E-state index in [0.29, 0.717) is 5.69 Å². The molecule has 0 aliphatic heterocycles. The van der Waals surface area contributed by atoms with E-state index in [1.807, 2.05) is 12.1 Å². The van der Waals surface area contributed by atoms with Gasteiger partial charge in [-0.05, 0) is 54.4 Å². The zero-order valence-electron chi connectivity index (χ0n) is 13.8. The molecule has 0 bridgehead atoms. The Balaban J connectivity index is 1.72. The first-order valence-corrected chi connectivity index (χ1v) is 8.03. The summed E-state index contributed by atoms with van der Waals surface area (Å²) in [5, 5.41) is 5.88. The Morgan fingerprint density at radius 1 is 1.00 bits per heavy atom. The average molecular weight is 335 g/mol. The van der Waals surface area contributed by atoms with Crippen molar-refractivity contribution in [1.82, 2.24) is 4.98 Å². The molecule has 2 aromatic carbocycles. The number of carbonyl (C=O) groups excluding carboxylic acids is 1. The summed E-state index contributed by atoms with van der Waals surface area (Å²) in [6.45, 7) is 2.11. The Morgan fingerprint density at radius 3 is 2.52 bits per heavy atom. The van der Waals surface area contributed by atoms with E-state index in [1.165, 1.54) is 23.8 Å². The molecule has 2 N–H and O–H groups in total. The Kier molecular flexibility index (Phi) is 5.04. The summed E-state index contributed by atoms with van der Waals surface area (Å²) in [5.41, 5.74) is 3.58. The third kappa shape index (κ3) is 4.41. The highest BCUT2D eigenvalue weighted by Gasteiger charge is 2.09. The number of aryl methyl sites for hydroxylation is 1. The number of anilines is 3. The van der Waals surface area contributed by atoms with E-state index in [4.69, 9.17) is 0 Å². The number of aromatic nitrogens is 1. The molecule has 126 valence electrons. The van der Waals surface area contributed by atoms with Crippen LogP contribution in [-0.4, -0.2) is 10.9 Å². The number of halogens is 1. The highest BCUT2D eigenvalue weighted by Crippen LogP contribution is 2.18. The minimum absolute atomic E-state index is 0.249. The maximum atomic E-state index is 13.2. The van der Waals surface area contributed by atoms with E-state index < -0.39 is 11.7 Å². The largest absolute Gasteiger partial charge is 0.355 e. The molecule has 3 rings (SSSR count). The van der Waals surface area contributed by atoms with Crippen molar-refractivity contribution >= 4 is 23.0 Å². The van der Waals surface area contributed by atoms with Crippen LogP contribution >= 0.6 is 0 Å². The van der Waals surface area contributed by atoms with Crippen molar-refractivity contribution in [3.63, 3.8) is 0 Å². The smallest absolute Gasteiger partial charge is 0.274 e. The number of hydrogen-bond acceptors (Lipinski definition) is 3. The molecule has 0 fully saturated rings. The molecule has 1 aromatic heterocycles. The Hall–Kier alpha value is -3.21. The zero-order chi connectivity index (χ0) is 17.6. The van der Waals surface area contributed by atoms with Gasteiger partial charge in [0.2, 0.25) is 0 Å². The van der Waals surface area contributed by atoms with E-state index in [9.17, 15) is 9.18 Å². The third-order valence-electron chi connectivity index (χ3n) is 3.73. The summed E-state index contributed by atoms with van der Waals surface area (Å²) < 4.78 is 13.2. The highest BCUT2D eigenvalue weighted by molar-refractivity contribution is 6.03. The van der Waals surface area contributed by atoms with Gasteiger partial charge in [0.1, 0.15) is 11.5 Å². The second-order valence-corrected chi connectivity index (χ2v) is 5.57. The van der Waals surface area contributed by atoms with Crippen molar-refractivity contribution < 1.29 is 9.18 Å². The fourth-order valence-corrected chi connectivity index (χ4v) is 2.38. The van der Waals surface area contributed by atoms with E-state index in [1.54, 1.807) is 24.4 Å². The van der Waals surface area contributed by atoms with E-state index >= 15 is 0 Å². The van der Waals surface area contributed by atoms with Crippen molar-refractivity contribution in [3.8, 4) is 0 Å². The topological polar surface area (TPSA) is 54.0 Å². The van der Waals surface area contributed by atoms with Crippen LogP contribution in [0.1, 0.15) is 23.0 Å². The van der Waals surface area contributed by atoms with E-state index in [-0.39, 0.29) is 5.69 Å². The molecule has 0 atom stereocenters. The van der Waals surface area contributed by atoms with Gasteiger partial charge in [-0.25, -0.2) is 4.39 Å². The van der Waals surface area contributed by atoms with Crippen LogP contribution in [-0.2, 0) is 6.42 Å². The van der Waals surface area contributed by atoms with Crippen LogP contribution in [0.2, 0.25) is 0 Å². The first-order valence-electron chi connectivity index (χ1n) is 8.03. The van der Waals surface area contributed by atoms with Gasteiger partial charge in [0.25, 0.3) is 5.91 Å². The van der Waals surface area contributed by atoms with Crippen LogP contribution in [0.4, 0.5) is 21.5 Å². The fourth-order valence-electron chi connectivity index (χ4n) is 2.38. The molecule has 0 saturated heterocycles. The second-order valence-electron chi connectivity index (χ2n) is 5.57. The Labute approximate surface area is 145 Å². The van der Waals surface area contributed by atoms with Gasteiger partial charge >= 0.3 is 0 Å². The standard InChI is InChI=1S/C20H18FN3O/c1-2-14-6-8-16(9-7-14)23-18-10-11-22-19(13-18)20(25)24-17-5-3-4-15(21)12-17/h3-13H,2H2,1H3,(H,22,23)(H,24,25). The zero-order valence-corrected chi connectivity index (χ0v) is 13.8. The summed E-state index contributed by atoms with van der Waals surface area (Å²) in [7, 11) is 0. The molecular weight excluding hydrogens is 317 g/mol. The predicted octanol–water partition coefficient (Wildman–Crippen LogP) is 4.78. The van der Waals surface area contributed by atoms with Crippen molar-refractivity contribution in [3.05, 3.63) is 83.9 Å². The highest BCUT2D eigenvalue weighted by atomic mass is 19.1. The summed E-state index contributed by atoms with van der Waals surface area (Å²) in [6, 6.07) is 17.3. The van der Waals surface area contributed by atoms with Crippen LogP contribution < -0.4 is 10.6 Å². The minimum Gasteiger partial charge on any atom is -0.355 e. The molecular formula is C20H18FN3O. The number of amides is 1. The van der Waals surface area contributed by atoms with Crippen LogP contribution in [0.3, 0.4) is 0 Å². The van der Waals surface area contributed by atoms with Crippen molar-refractivity contribution in [2.45, 2.75) is 13.3 Å². The summed E-state index contributed by atoms with van der Waals surface area (Å²) in [4.78, 5) is 16.4. The lowest BCUT2D eigenvalue weighted by molar-refractivity contribution is 0.102. The van der Waals surface area contributed by atoms with Crippen molar-refractivity contribution in [2.24, 2.45) is 0 Å². The Morgan fingerprint density at radius 2 is 1.80 bits per heavy atom. The van der Waals surface area contributed by atoms with Gasteiger partial charge < -0.3 is 10.6 Å². The molecule has 0 aliphatic rings. The number of nitrogens with one attached hydrogen (secondary N) is 2. The molecule has 1 heterocycles. The lowest BCUT2D eigenvalue weighted by Crippen LogP contribution is -2.13. The van der Waals surface area contributed by atoms with Crippen LogP contribution in [0, 0.1) is 5.82 Å². The van der Waals surface area contributed by atoms with Gasteiger partial charge in [-0.15, -0.1) is 0 Å². The van der Waals surface area contributed by atoms with Crippen LogP contribution in [0.25, 0.3) is 0 Å². The van der Waals surface area contributed by atoms with Crippen molar-refractivity contribution in [2.75, 3.05) is 10.6 Å². The first-order chi connectivity index (χ1) is 12.1. The molecule has 5 heteroatoms.